The molecular weight excluding hydrogens is 605 g/mol. The number of rotatable bonds is 6. The first-order chi connectivity index (χ1) is 13.0. The van der Waals surface area contributed by atoms with Gasteiger partial charge in [-0.2, -0.15) is 0 Å². The number of hydrogen-bond acceptors (Lipinski definition) is 4. The van der Waals surface area contributed by atoms with Gasteiger partial charge < -0.3 is 0 Å². The van der Waals surface area contributed by atoms with E-state index in [0.717, 1.165) is 0 Å². The molecule has 0 atom stereocenters. The molecule has 4 rings (SSSR count). The maximum absolute atomic E-state index is 2.45. The summed E-state index contributed by atoms with van der Waals surface area (Å²) in [6.45, 7) is 8.96. The molecule has 0 unspecified atom stereocenters. The van der Waals surface area contributed by atoms with Crippen LogP contribution in [0.5, 0.6) is 0 Å². The van der Waals surface area contributed by atoms with Crippen LogP contribution in [0.4, 0.5) is 0 Å². The van der Waals surface area contributed by atoms with E-state index in [-0.39, 0.29) is 0 Å². The van der Waals surface area contributed by atoms with Crippen molar-refractivity contribution < 1.29 is 0 Å². The van der Waals surface area contributed by atoms with Gasteiger partial charge >= 0.3 is 198 Å². The van der Waals surface area contributed by atoms with Crippen LogP contribution >= 0.6 is 45.3 Å². The molecule has 4 aromatic rings. The monoisotopic (exact) mass is 626 g/mol. The molecule has 140 valence electrons. The number of thiophene rings is 4. The van der Waals surface area contributed by atoms with E-state index in [1.165, 1.54) is 19.5 Å². The quantitative estimate of drug-likeness (QED) is 0.289. The number of aryl methyl sites for hydroxylation is 4. The average Bonchev–Trinajstić information content (AvgIpc) is 3.34. The summed E-state index contributed by atoms with van der Waals surface area (Å²) in [4.78, 5) is 5.78. The predicted molar refractivity (Wildman–Crippen MR) is 131 cm³/mol. The van der Waals surface area contributed by atoms with E-state index in [1.807, 2.05) is 45.3 Å². The minimum atomic E-state index is 0.435. The third-order valence-corrected chi connectivity index (χ3v) is 18.0. The van der Waals surface area contributed by atoms with Crippen LogP contribution in [0, 0.1) is 27.7 Å². The van der Waals surface area contributed by atoms with E-state index < -0.39 is 0 Å². The summed E-state index contributed by atoms with van der Waals surface area (Å²) in [5.74, 6) is 0. The van der Waals surface area contributed by atoms with Crippen LogP contribution in [0.2, 0.25) is 0 Å². The Balaban J connectivity index is 1.59. The Bertz CT molecular complexity index is 983. The molecule has 0 nitrogen and oxygen atoms in total. The van der Waals surface area contributed by atoms with Crippen molar-refractivity contribution in [1.29, 1.82) is 0 Å². The summed E-state index contributed by atoms with van der Waals surface area (Å²) >= 11 is 9.32. The van der Waals surface area contributed by atoms with Crippen LogP contribution in [0.15, 0.2) is 36.4 Å². The second-order valence-corrected chi connectivity index (χ2v) is 20.2. The summed E-state index contributed by atoms with van der Waals surface area (Å²) in [5.41, 5.74) is 0. The Hall–Kier alpha value is 0.358. The van der Waals surface area contributed by atoms with Crippen molar-refractivity contribution in [2.24, 2.45) is 0 Å². The standard InChI is InChI=1S/C20H18S4Se3/c1-11-5-7-17(21-11)25-15-9-13(3)23-19(15)27-20-16(10-14(4)24-20)26-18-8-6-12(2)22-18/h5-10H,1-4H3. The second-order valence-electron chi connectivity index (χ2n) is 6.05. The average molecular weight is 624 g/mol. The zero-order valence-corrected chi connectivity index (χ0v) is 23.7. The molecule has 0 aliphatic rings. The van der Waals surface area contributed by atoms with Gasteiger partial charge in [0.05, 0.1) is 0 Å². The minimum absolute atomic E-state index is 0.435. The molecule has 4 aromatic heterocycles. The zero-order valence-electron chi connectivity index (χ0n) is 15.3. The molecule has 4 heterocycles. The van der Waals surface area contributed by atoms with Crippen LogP contribution in [-0.4, -0.2) is 44.9 Å². The second kappa shape index (κ2) is 9.02. The maximum atomic E-state index is 2.45. The van der Waals surface area contributed by atoms with E-state index in [1.54, 1.807) is 24.0 Å². The molecule has 0 aliphatic heterocycles. The molecule has 0 N–H and O–H groups in total. The van der Waals surface area contributed by atoms with E-state index in [9.17, 15) is 0 Å². The third kappa shape index (κ3) is 5.29. The molecule has 27 heavy (non-hydrogen) atoms. The summed E-state index contributed by atoms with van der Waals surface area (Å²) in [6.07, 6.45) is 0. The molecule has 0 aromatic carbocycles. The molecule has 0 bridgehead atoms. The van der Waals surface area contributed by atoms with Gasteiger partial charge in [-0.1, -0.05) is 0 Å². The van der Waals surface area contributed by atoms with Crippen molar-refractivity contribution in [2.75, 3.05) is 0 Å². The molecule has 0 saturated heterocycles. The van der Waals surface area contributed by atoms with Gasteiger partial charge in [-0.3, -0.25) is 0 Å². The van der Waals surface area contributed by atoms with Gasteiger partial charge in [0, 0.05) is 0 Å². The topological polar surface area (TPSA) is 0 Å². The van der Waals surface area contributed by atoms with E-state index in [4.69, 9.17) is 0 Å². The first-order valence-corrected chi connectivity index (χ1v) is 16.7. The molecule has 0 spiro atoms. The Kier molecular flexibility index (Phi) is 6.89. The summed E-state index contributed by atoms with van der Waals surface area (Å²) in [6, 6.07) is 14.1. The first kappa shape index (κ1) is 20.6. The molecule has 7 heteroatoms. The molecule has 0 fully saturated rings. The normalized spacial score (nSPS) is 11.4. The summed E-state index contributed by atoms with van der Waals surface area (Å²) < 4.78 is 9.62. The van der Waals surface area contributed by atoms with E-state index in [2.05, 4.69) is 64.1 Å². The van der Waals surface area contributed by atoms with Crippen molar-refractivity contribution >= 4 is 114 Å². The molecule has 0 aliphatic carbocycles. The summed E-state index contributed by atoms with van der Waals surface area (Å²) in [7, 11) is 0. The van der Waals surface area contributed by atoms with Gasteiger partial charge in [0.25, 0.3) is 0 Å². The van der Waals surface area contributed by atoms with Crippen molar-refractivity contribution in [1.82, 2.24) is 0 Å². The first-order valence-electron chi connectivity index (χ1n) is 8.33. The summed E-state index contributed by atoms with van der Waals surface area (Å²) in [5, 5.41) is 0. The fourth-order valence-corrected chi connectivity index (χ4v) is 18.4. The van der Waals surface area contributed by atoms with Crippen LogP contribution in [0.3, 0.4) is 0 Å². The predicted octanol–water partition coefficient (Wildman–Crippen LogP) is 2.13. The van der Waals surface area contributed by atoms with Crippen LogP contribution in [0.1, 0.15) is 19.5 Å². The van der Waals surface area contributed by atoms with Crippen LogP contribution in [-0.2, 0) is 0 Å². The van der Waals surface area contributed by atoms with Gasteiger partial charge in [0.15, 0.2) is 0 Å². The molecule has 0 radical (unpaired) electrons. The van der Waals surface area contributed by atoms with Crippen molar-refractivity contribution in [2.45, 2.75) is 27.7 Å². The van der Waals surface area contributed by atoms with Crippen LogP contribution in [0.25, 0.3) is 0 Å². The van der Waals surface area contributed by atoms with Crippen molar-refractivity contribution in [3.63, 3.8) is 0 Å². The van der Waals surface area contributed by atoms with E-state index in [0.29, 0.717) is 44.9 Å². The van der Waals surface area contributed by atoms with Gasteiger partial charge in [0.2, 0.25) is 0 Å². The fourth-order valence-electron chi connectivity index (χ4n) is 2.46. The SMILES string of the molecule is Cc1ccc([Se]c2cc(C)sc2[Se]c2sc(C)cc2[Se]c2ccc(C)s2)s1. The van der Waals surface area contributed by atoms with Crippen molar-refractivity contribution in [3.8, 4) is 0 Å². The fraction of sp³-hybridized carbons (Fsp3) is 0.200. The Morgan fingerprint density at radius 1 is 0.519 bits per heavy atom. The zero-order chi connectivity index (χ0) is 19.0. The molecule has 0 amide bonds. The Morgan fingerprint density at radius 3 is 1.33 bits per heavy atom. The van der Waals surface area contributed by atoms with Gasteiger partial charge in [-0.05, 0) is 0 Å². The van der Waals surface area contributed by atoms with E-state index >= 15 is 0 Å². The third-order valence-electron chi connectivity index (χ3n) is 3.62. The van der Waals surface area contributed by atoms with Crippen molar-refractivity contribution in [3.05, 3.63) is 55.9 Å². The number of hydrogen-bond donors (Lipinski definition) is 0. The Labute approximate surface area is 195 Å². The van der Waals surface area contributed by atoms with Gasteiger partial charge in [-0.15, -0.1) is 0 Å². The Morgan fingerprint density at radius 2 is 0.963 bits per heavy atom. The van der Waals surface area contributed by atoms with Gasteiger partial charge in [0.1, 0.15) is 0 Å². The molecular formula is C20H18S4Se3. The van der Waals surface area contributed by atoms with Gasteiger partial charge in [-0.25, -0.2) is 0 Å². The van der Waals surface area contributed by atoms with Crippen LogP contribution < -0.4 is 24.0 Å². The molecule has 0 saturated carbocycles.